The van der Waals surface area contributed by atoms with Crippen molar-refractivity contribution in [1.82, 2.24) is 4.72 Å². The average Bonchev–Trinajstić information content (AvgIpc) is 2.58. The van der Waals surface area contributed by atoms with Crippen molar-refractivity contribution < 1.29 is 13.2 Å². The van der Waals surface area contributed by atoms with Crippen LogP contribution in [0.3, 0.4) is 0 Å². The Bertz CT molecular complexity index is 458. The summed E-state index contributed by atoms with van der Waals surface area (Å²) in [7, 11) is -1.95. The summed E-state index contributed by atoms with van der Waals surface area (Å²) in [6.45, 7) is 0.681. The molecule has 1 atom stereocenters. The summed E-state index contributed by atoms with van der Waals surface area (Å²) in [5.41, 5.74) is 0. The maximum atomic E-state index is 11.9. The molecule has 1 N–H and O–H groups in total. The van der Waals surface area contributed by atoms with E-state index in [1.54, 1.807) is 7.11 Å². The maximum absolute atomic E-state index is 11.9. The van der Waals surface area contributed by atoms with E-state index in [-0.39, 0.29) is 15.6 Å². The fraction of sp³-hybridized carbons (Fsp3) is 0.500. The van der Waals surface area contributed by atoms with Crippen molar-refractivity contribution in [3.8, 4) is 0 Å². The second kappa shape index (κ2) is 6.83. The Morgan fingerprint density at radius 2 is 2.29 bits per heavy atom. The van der Waals surface area contributed by atoms with Crippen LogP contribution in [0.15, 0.2) is 14.1 Å². The molecule has 1 aromatic rings. The molecule has 98 valence electrons. The highest BCUT2D eigenvalue weighted by Crippen LogP contribution is 2.34. The zero-order chi connectivity index (χ0) is 13.1. The molecule has 0 aliphatic carbocycles. The third kappa shape index (κ3) is 4.77. The average molecular weight is 428 g/mol. The van der Waals surface area contributed by atoms with Gasteiger partial charge >= 0.3 is 0 Å². The highest BCUT2D eigenvalue weighted by Gasteiger charge is 2.19. The molecule has 0 saturated heterocycles. The van der Waals surface area contributed by atoms with Crippen LogP contribution in [-0.2, 0) is 14.8 Å². The third-order valence-electron chi connectivity index (χ3n) is 1.73. The summed E-state index contributed by atoms with van der Waals surface area (Å²) >= 11 is 13.3. The summed E-state index contributed by atoms with van der Waals surface area (Å²) in [6.07, 6.45) is 0. The van der Waals surface area contributed by atoms with Gasteiger partial charge in [-0.25, -0.2) is 13.1 Å². The maximum Gasteiger partial charge on any atom is 0.250 e. The van der Waals surface area contributed by atoms with E-state index in [1.165, 1.54) is 6.07 Å². The Hall–Kier alpha value is 0.820. The molecule has 1 heterocycles. The van der Waals surface area contributed by atoms with Crippen molar-refractivity contribution in [3.63, 3.8) is 0 Å². The quantitative estimate of drug-likeness (QED) is 0.711. The lowest BCUT2D eigenvalue weighted by atomic mass is 10.5. The Balaban J connectivity index is 2.69. The Morgan fingerprint density at radius 3 is 2.76 bits per heavy atom. The normalized spacial score (nSPS) is 13.9. The van der Waals surface area contributed by atoms with E-state index < -0.39 is 10.0 Å². The van der Waals surface area contributed by atoms with Crippen molar-refractivity contribution in [3.05, 3.63) is 14.9 Å². The summed E-state index contributed by atoms with van der Waals surface area (Å²) in [4.78, 5) is -0.0684. The number of halogens is 3. The molecular weight excluding hydrogens is 417 g/mol. The molecule has 0 amide bonds. The van der Waals surface area contributed by atoms with Gasteiger partial charge < -0.3 is 4.74 Å². The van der Waals surface area contributed by atoms with Gasteiger partial charge in [0.2, 0.25) is 10.0 Å². The molecule has 9 heteroatoms. The molecule has 17 heavy (non-hydrogen) atoms. The van der Waals surface area contributed by atoms with E-state index in [9.17, 15) is 8.42 Å². The van der Waals surface area contributed by atoms with Gasteiger partial charge in [-0.05, 0) is 22.0 Å². The number of thiophene rings is 1. The first-order valence-electron chi connectivity index (χ1n) is 4.44. The lowest BCUT2D eigenvalue weighted by molar-refractivity contribution is 0.201. The van der Waals surface area contributed by atoms with E-state index in [2.05, 4.69) is 36.6 Å². The van der Waals surface area contributed by atoms with Gasteiger partial charge in [0.25, 0.3) is 0 Å². The van der Waals surface area contributed by atoms with Crippen LogP contribution in [0.2, 0.25) is 5.02 Å². The molecule has 1 unspecified atom stereocenters. The van der Waals surface area contributed by atoms with Crippen LogP contribution in [0, 0.1) is 0 Å². The molecule has 0 aliphatic heterocycles. The van der Waals surface area contributed by atoms with E-state index in [1.807, 2.05) is 0 Å². The summed E-state index contributed by atoms with van der Waals surface area (Å²) in [6, 6.07) is 1.41. The van der Waals surface area contributed by atoms with Crippen LogP contribution < -0.4 is 4.72 Å². The molecule has 1 aromatic heterocycles. The van der Waals surface area contributed by atoms with Crippen molar-refractivity contribution in [2.75, 3.05) is 20.3 Å². The first kappa shape index (κ1) is 15.9. The highest BCUT2D eigenvalue weighted by atomic mass is 79.9. The number of alkyl halides is 1. The lowest BCUT2D eigenvalue weighted by Gasteiger charge is -2.09. The van der Waals surface area contributed by atoms with Crippen LogP contribution in [-0.4, -0.2) is 33.5 Å². The predicted molar refractivity (Wildman–Crippen MR) is 76.8 cm³/mol. The number of rotatable bonds is 6. The summed E-state index contributed by atoms with van der Waals surface area (Å²) in [5, 5.41) is 0.391. The van der Waals surface area contributed by atoms with Crippen LogP contribution in [0.25, 0.3) is 0 Å². The summed E-state index contributed by atoms with van der Waals surface area (Å²) < 4.78 is 31.9. The highest BCUT2D eigenvalue weighted by molar-refractivity contribution is 9.11. The van der Waals surface area contributed by atoms with Crippen LogP contribution in [0.1, 0.15) is 0 Å². The molecule has 0 spiro atoms. The smallest absolute Gasteiger partial charge is 0.250 e. The molecule has 0 aliphatic rings. The molecule has 0 bridgehead atoms. The SMILES string of the molecule is COCC(Br)CNS(=O)(=O)c1cc(Cl)c(Br)s1. The monoisotopic (exact) mass is 425 g/mol. The summed E-state index contributed by atoms with van der Waals surface area (Å²) in [5.74, 6) is 0. The molecule has 4 nitrogen and oxygen atoms in total. The van der Waals surface area contributed by atoms with Crippen LogP contribution in [0.5, 0.6) is 0 Å². The second-order valence-electron chi connectivity index (χ2n) is 3.09. The van der Waals surface area contributed by atoms with Gasteiger partial charge in [-0.1, -0.05) is 27.5 Å². The lowest BCUT2D eigenvalue weighted by Crippen LogP contribution is -2.31. The minimum absolute atomic E-state index is 0.0684. The Morgan fingerprint density at radius 1 is 1.65 bits per heavy atom. The number of methoxy groups -OCH3 is 1. The number of nitrogens with one attached hydrogen (secondary N) is 1. The van der Waals surface area contributed by atoms with Gasteiger partial charge in [0.15, 0.2) is 0 Å². The van der Waals surface area contributed by atoms with Gasteiger partial charge in [0, 0.05) is 13.7 Å². The third-order valence-corrected chi connectivity index (χ3v) is 6.69. The standard InChI is InChI=1S/C8H10Br2ClNO3S2/c1-15-4-5(9)3-12-17(13,14)7-2-6(11)8(10)16-7/h2,5,12H,3-4H2,1H3. The zero-order valence-corrected chi connectivity index (χ0v) is 14.3. The first-order valence-corrected chi connectivity index (χ1v) is 8.83. The zero-order valence-electron chi connectivity index (χ0n) is 8.74. The van der Waals surface area contributed by atoms with Gasteiger partial charge in [-0.3, -0.25) is 0 Å². The van der Waals surface area contributed by atoms with Gasteiger partial charge in [0.05, 0.1) is 20.2 Å². The molecule has 0 aromatic carbocycles. The Labute approximate surface area is 126 Å². The van der Waals surface area contributed by atoms with Gasteiger partial charge in [-0.15, -0.1) is 11.3 Å². The van der Waals surface area contributed by atoms with Gasteiger partial charge in [-0.2, -0.15) is 0 Å². The van der Waals surface area contributed by atoms with Crippen molar-refractivity contribution in [2.45, 2.75) is 9.04 Å². The molecule has 1 rings (SSSR count). The number of hydrogen-bond acceptors (Lipinski definition) is 4. The van der Waals surface area contributed by atoms with Crippen LogP contribution >= 0.6 is 54.8 Å². The van der Waals surface area contributed by atoms with E-state index in [0.717, 1.165) is 11.3 Å². The first-order chi connectivity index (χ1) is 7.86. The van der Waals surface area contributed by atoms with Gasteiger partial charge in [0.1, 0.15) is 4.21 Å². The fourth-order valence-electron chi connectivity index (χ4n) is 0.970. The topological polar surface area (TPSA) is 55.4 Å². The van der Waals surface area contributed by atoms with Crippen LogP contribution in [0.4, 0.5) is 0 Å². The molecule has 0 saturated carbocycles. The van der Waals surface area contributed by atoms with Crippen molar-refractivity contribution in [2.24, 2.45) is 0 Å². The Kier molecular flexibility index (Phi) is 6.38. The number of ether oxygens (including phenoxy) is 1. The fourth-order valence-corrected chi connectivity index (χ4v) is 5.14. The second-order valence-corrected chi connectivity index (χ2v) is 9.16. The number of sulfonamides is 1. The largest absolute Gasteiger partial charge is 0.383 e. The minimum atomic E-state index is -3.51. The van der Waals surface area contributed by atoms with E-state index in [0.29, 0.717) is 15.4 Å². The molecular formula is C8H10Br2ClNO3S2. The van der Waals surface area contributed by atoms with Crippen molar-refractivity contribution in [1.29, 1.82) is 0 Å². The minimum Gasteiger partial charge on any atom is -0.383 e. The number of hydrogen-bond donors (Lipinski definition) is 1. The molecule has 0 fully saturated rings. The predicted octanol–water partition coefficient (Wildman–Crippen LogP) is 2.85. The molecule has 0 radical (unpaired) electrons. The van der Waals surface area contributed by atoms with E-state index >= 15 is 0 Å². The van der Waals surface area contributed by atoms with E-state index in [4.69, 9.17) is 16.3 Å². The van der Waals surface area contributed by atoms with Crippen molar-refractivity contribution >= 4 is 64.8 Å².